The van der Waals surface area contributed by atoms with Gasteiger partial charge < -0.3 is 10.1 Å². The molecule has 3 rings (SSSR count). The van der Waals surface area contributed by atoms with Crippen molar-refractivity contribution in [2.24, 2.45) is 0 Å². The second kappa shape index (κ2) is 9.76. The lowest BCUT2D eigenvalue weighted by Gasteiger charge is -2.25. The van der Waals surface area contributed by atoms with Crippen LogP contribution >= 0.6 is 0 Å². The smallest absolute Gasteiger partial charge is 0.416 e. The van der Waals surface area contributed by atoms with Crippen molar-refractivity contribution in [1.82, 2.24) is 0 Å². The number of aryl methyl sites for hydroxylation is 2. The molecule has 0 aliphatic carbocycles. The molecule has 3 aromatic carbocycles. The molecule has 10 heteroatoms. The maximum Gasteiger partial charge on any atom is 0.416 e. The number of anilines is 2. The molecule has 0 fully saturated rings. The number of hydrogen-bond acceptors (Lipinski definition) is 4. The summed E-state index contributed by atoms with van der Waals surface area (Å²) in [6, 6.07) is 15.3. The average molecular weight is 493 g/mol. The predicted molar refractivity (Wildman–Crippen MR) is 124 cm³/mol. The Morgan fingerprint density at radius 2 is 1.65 bits per heavy atom. The summed E-state index contributed by atoms with van der Waals surface area (Å²) in [6.07, 6.45) is -4.58. The molecule has 0 unspecified atom stereocenters. The highest BCUT2D eigenvalue weighted by molar-refractivity contribution is 7.93. The Morgan fingerprint density at radius 1 is 0.971 bits per heavy atom. The van der Waals surface area contributed by atoms with E-state index in [1.807, 2.05) is 0 Å². The maximum absolute atomic E-state index is 13.7. The summed E-state index contributed by atoms with van der Waals surface area (Å²) in [6.45, 7) is 2.82. The third-order valence-electron chi connectivity index (χ3n) is 4.94. The lowest BCUT2D eigenvalue weighted by Crippen LogP contribution is -2.38. The number of nitrogens with zero attached hydrogens (tertiary/aromatic N) is 1. The molecule has 0 aromatic heterocycles. The van der Waals surface area contributed by atoms with E-state index in [1.54, 1.807) is 38.1 Å². The van der Waals surface area contributed by atoms with Crippen LogP contribution in [0.25, 0.3) is 0 Å². The molecule has 34 heavy (non-hydrogen) atoms. The second-order valence-electron chi connectivity index (χ2n) is 7.63. The molecular weight excluding hydrogens is 469 g/mol. The fraction of sp³-hybridized carbons (Fsp3) is 0.208. The van der Waals surface area contributed by atoms with Crippen LogP contribution in [0.4, 0.5) is 24.5 Å². The number of carbonyl (C=O) groups excluding carboxylic acids is 1. The van der Waals surface area contributed by atoms with Crippen LogP contribution in [-0.2, 0) is 21.0 Å². The summed E-state index contributed by atoms with van der Waals surface area (Å²) in [5.74, 6) is -0.711. The van der Waals surface area contributed by atoms with Crippen LogP contribution in [-0.4, -0.2) is 28.0 Å². The summed E-state index contributed by atoms with van der Waals surface area (Å²) in [5, 5.41) is 2.36. The SMILES string of the molecule is COc1ccc(C)cc1S(=O)(=O)N(CC(=O)Nc1cccc(C(F)(F)F)c1)c1cccc(C)c1. The van der Waals surface area contributed by atoms with Gasteiger partial charge in [0.2, 0.25) is 5.91 Å². The van der Waals surface area contributed by atoms with E-state index >= 15 is 0 Å². The summed E-state index contributed by atoms with van der Waals surface area (Å²) in [7, 11) is -2.95. The molecule has 0 heterocycles. The van der Waals surface area contributed by atoms with Crippen molar-refractivity contribution in [3.63, 3.8) is 0 Å². The van der Waals surface area contributed by atoms with E-state index in [-0.39, 0.29) is 22.0 Å². The minimum absolute atomic E-state index is 0.0986. The molecule has 0 radical (unpaired) electrons. The number of halogens is 3. The van der Waals surface area contributed by atoms with E-state index in [4.69, 9.17) is 4.74 Å². The highest BCUT2D eigenvalue weighted by Gasteiger charge is 2.32. The summed E-state index contributed by atoms with van der Waals surface area (Å²) < 4.78 is 72.5. The molecule has 1 amide bonds. The van der Waals surface area contributed by atoms with Crippen LogP contribution in [0.1, 0.15) is 16.7 Å². The number of methoxy groups -OCH3 is 1. The topological polar surface area (TPSA) is 75.7 Å². The van der Waals surface area contributed by atoms with Crippen LogP contribution in [0, 0.1) is 13.8 Å². The number of ether oxygens (including phenoxy) is 1. The van der Waals surface area contributed by atoms with Gasteiger partial charge >= 0.3 is 6.18 Å². The van der Waals surface area contributed by atoms with Crippen LogP contribution < -0.4 is 14.4 Å². The molecule has 0 saturated heterocycles. The van der Waals surface area contributed by atoms with E-state index < -0.39 is 34.2 Å². The maximum atomic E-state index is 13.7. The van der Waals surface area contributed by atoms with Gasteiger partial charge in [0.15, 0.2) is 0 Å². The molecule has 0 saturated carbocycles. The van der Waals surface area contributed by atoms with Gasteiger partial charge in [-0.1, -0.05) is 24.3 Å². The number of nitrogens with one attached hydrogen (secondary N) is 1. The summed E-state index contributed by atoms with van der Waals surface area (Å²) in [4.78, 5) is 12.7. The number of carbonyl (C=O) groups is 1. The van der Waals surface area contributed by atoms with Crippen LogP contribution in [0.15, 0.2) is 71.6 Å². The fourth-order valence-electron chi connectivity index (χ4n) is 3.31. The number of sulfonamides is 1. The molecule has 0 aliphatic rings. The van der Waals surface area contributed by atoms with Crippen molar-refractivity contribution in [3.05, 3.63) is 83.4 Å². The molecule has 0 aliphatic heterocycles. The Morgan fingerprint density at radius 3 is 2.29 bits per heavy atom. The zero-order valence-corrected chi connectivity index (χ0v) is 19.5. The Kier molecular flexibility index (Phi) is 7.21. The second-order valence-corrected chi connectivity index (χ2v) is 9.46. The summed E-state index contributed by atoms with van der Waals surface area (Å²) >= 11 is 0. The molecular formula is C24H23F3N2O4S. The van der Waals surface area contributed by atoms with Crippen LogP contribution in [0.2, 0.25) is 0 Å². The Bertz CT molecular complexity index is 1310. The van der Waals surface area contributed by atoms with Gasteiger partial charge in [0.25, 0.3) is 10.0 Å². The normalized spacial score (nSPS) is 11.7. The molecule has 0 bridgehead atoms. The van der Waals surface area contributed by atoms with Crippen LogP contribution in [0.3, 0.4) is 0 Å². The number of alkyl halides is 3. The Labute approximate surface area is 196 Å². The third kappa shape index (κ3) is 5.69. The molecule has 180 valence electrons. The molecule has 0 atom stereocenters. The standard InChI is InChI=1S/C24H23F3N2O4S/c1-16-6-4-9-20(12-16)29(34(31,32)22-13-17(2)10-11-21(22)33-3)15-23(30)28-19-8-5-7-18(14-19)24(25,26)27/h4-14H,15H2,1-3H3,(H,28,30). The fourth-order valence-corrected chi connectivity index (χ4v) is 4.96. The van der Waals surface area contributed by atoms with Crippen molar-refractivity contribution in [3.8, 4) is 5.75 Å². The van der Waals surface area contributed by atoms with E-state index in [2.05, 4.69) is 5.32 Å². The van der Waals surface area contributed by atoms with E-state index in [0.717, 1.165) is 28.1 Å². The van der Waals surface area contributed by atoms with Crippen molar-refractivity contribution in [2.45, 2.75) is 24.9 Å². The number of hydrogen-bond donors (Lipinski definition) is 1. The highest BCUT2D eigenvalue weighted by atomic mass is 32.2. The van der Waals surface area contributed by atoms with Gasteiger partial charge in [-0.3, -0.25) is 9.10 Å². The van der Waals surface area contributed by atoms with Gasteiger partial charge in [-0.25, -0.2) is 8.42 Å². The predicted octanol–water partition coefficient (Wildman–Crippen LogP) is 5.16. The summed E-state index contributed by atoms with van der Waals surface area (Å²) in [5.41, 5.74) is 0.611. The highest BCUT2D eigenvalue weighted by Crippen LogP contribution is 2.32. The first kappa shape index (κ1) is 25.1. The molecule has 3 aromatic rings. The largest absolute Gasteiger partial charge is 0.495 e. The van der Waals surface area contributed by atoms with Crippen LogP contribution in [0.5, 0.6) is 5.75 Å². The molecule has 6 nitrogen and oxygen atoms in total. The quantitative estimate of drug-likeness (QED) is 0.494. The number of amides is 1. The zero-order valence-electron chi connectivity index (χ0n) is 18.7. The monoisotopic (exact) mass is 492 g/mol. The van der Waals surface area contributed by atoms with E-state index in [1.165, 1.54) is 31.4 Å². The van der Waals surface area contributed by atoms with Crippen molar-refractivity contribution >= 4 is 27.3 Å². The number of rotatable bonds is 7. The first-order valence-corrected chi connectivity index (χ1v) is 11.6. The lowest BCUT2D eigenvalue weighted by molar-refractivity contribution is -0.137. The average Bonchev–Trinajstić information content (AvgIpc) is 2.77. The van der Waals surface area contributed by atoms with Gasteiger partial charge in [-0.2, -0.15) is 13.2 Å². The van der Waals surface area contributed by atoms with E-state index in [0.29, 0.717) is 5.56 Å². The lowest BCUT2D eigenvalue weighted by atomic mass is 10.2. The molecule has 0 spiro atoms. The van der Waals surface area contributed by atoms with Gasteiger partial charge in [0, 0.05) is 5.69 Å². The number of benzene rings is 3. The van der Waals surface area contributed by atoms with Crippen molar-refractivity contribution in [2.75, 3.05) is 23.3 Å². The van der Waals surface area contributed by atoms with Gasteiger partial charge in [-0.05, 0) is 67.4 Å². The first-order valence-electron chi connectivity index (χ1n) is 10.1. The Balaban J connectivity index is 2.00. The van der Waals surface area contributed by atoms with Crippen molar-refractivity contribution in [1.29, 1.82) is 0 Å². The Hall–Kier alpha value is -3.53. The minimum Gasteiger partial charge on any atom is -0.495 e. The van der Waals surface area contributed by atoms with Crippen molar-refractivity contribution < 1.29 is 31.1 Å². The van der Waals surface area contributed by atoms with Gasteiger partial charge in [0.1, 0.15) is 17.2 Å². The van der Waals surface area contributed by atoms with Gasteiger partial charge in [0.05, 0.1) is 18.4 Å². The van der Waals surface area contributed by atoms with E-state index in [9.17, 15) is 26.4 Å². The zero-order chi connectivity index (χ0) is 25.1. The van der Waals surface area contributed by atoms with Gasteiger partial charge in [-0.15, -0.1) is 0 Å². The minimum atomic E-state index is -4.58. The third-order valence-corrected chi connectivity index (χ3v) is 6.73. The molecule has 1 N–H and O–H groups in total. The first-order chi connectivity index (χ1) is 15.9.